The molecule has 2 unspecified atom stereocenters. The van der Waals surface area contributed by atoms with Gasteiger partial charge in [0.25, 0.3) is 0 Å². The summed E-state index contributed by atoms with van der Waals surface area (Å²) in [6, 6.07) is 7.66. The van der Waals surface area contributed by atoms with Gasteiger partial charge in [0.2, 0.25) is 17.7 Å². The van der Waals surface area contributed by atoms with Gasteiger partial charge in [0, 0.05) is 31.9 Å². The van der Waals surface area contributed by atoms with Crippen LogP contribution >= 0.6 is 0 Å². The number of para-hydroxylation sites is 1. The van der Waals surface area contributed by atoms with E-state index in [1.54, 1.807) is 19.1 Å². The van der Waals surface area contributed by atoms with E-state index in [2.05, 4.69) is 15.5 Å². The van der Waals surface area contributed by atoms with Gasteiger partial charge in [-0.05, 0) is 31.9 Å². The van der Waals surface area contributed by atoms with E-state index in [0.29, 0.717) is 44.8 Å². The summed E-state index contributed by atoms with van der Waals surface area (Å²) in [6.45, 7) is 5.56. The second-order valence-electron chi connectivity index (χ2n) is 9.93. The van der Waals surface area contributed by atoms with Crippen LogP contribution in [0.1, 0.15) is 19.8 Å². The molecule has 10 heteroatoms. The molecule has 0 aromatic heterocycles. The fourth-order valence-electron chi connectivity index (χ4n) is 6.26. The molecule has 5 rings (SSSR count). The van der Waals surface area contributed by atoms with Crippen molar-refractivity contribution in [2.24, 2.45) is 11.8 Å². The summed E-state index contributed by atoms with van der Waals surface area (Å²) < 4.78 is 11.8. The Morgan fingerprint density at radius 2 is 1.94 bits per heavy atom. The predicted molar refractivity (Wildman–Crippen MR) is 126 cm³/mol. The molecule has 1 aromatic carbocycles. The van der Waals surface area contributed by atoms with E-state index >= 15 is 0 Å². The van der Waals surface area contributed by atoms with Crippen molar-refractivity contribution in [1.29, 1.82) is 0 Å². The molecule has 10 nitrogen and oxygen atoms in total. The number of carbonyl (C=O) groups excluding carboxylic acids is 3. The average molecular weight is 487 g/mol. The molecule has 190 valence electrons. The number of morpholine rings is 1. The van der Waals surface area contributed by atoms with Gasteiger partial charge >= 0.3 is 0 Å². The molecule has 0 saturated carbocycles. The van der Waals surface area contributed by atoms with E-state index in [1.165, 1.54) is 4.90 Å². The lowest BCUT2D eigenvalue weighted by Crippen LogP contribution is -2.58. The first-order valence-corrected chi connectivity index (χ1v) is 12.5. The number of fused-ring (bicyclic) bond motifs is 1. The number of rotatable bonds is 8. The monoisotopic (exact) mass is 486 g/mol. The minimum atomic E-state index is -1.06. The number of nitrogens with zero attached hydrogens (tertiary/aromatic N) is 2. The van der Waals surface area contributed by atoms with Crippen molar-refractivity contribution >= 4 is 23.4 Å². The number of carbonyl (C=O) groups is 3. The SMILES string of the molecule is C[C@H](CO)N1C(=O)[C@@H]2[C@H](C(=O)Nc3ccccc3)[C@@H]3CCC2(O3)C1C(=O)NCCN1CCOCC1. The lowest BCUT2D eigenvalue weighted by molar-refractivity contribution is -0.144. The largest absolute Gasteiger partial charge is 0.394 e. The van der Waals surface area contributed by atoms with Crippen molar-refractivity contribution in [3.63, 3.8) is 0 Å². The molecule has 0 aliphatic carbocycles. The number of benzene rings is 1. The smallest absolute Gasteiger partial charge is 0.245 e. The van der Waals surface area contributed by atoms with Crippen molar-refractivity contribution in [3.8, 4) is 0 Å². The maximum Gasteiger partial charge on any atom is 0.245 e. The fraction of sp³-hybridized carbons (Fsp3) is 0.640. The van der Waals surface area contributed by atoms with Crippen LogP contribution in [-0.4, -0.2) is 102 Å². The number of aliphatic hydroxyl groups excluding tert-OH is 1. The first-order valence-electron chi connectivity index (χ1n) is 12.5. The normalized spacial score (nSPS) is 33.0. The number of likely N-dealkylation sites (tertiary alicyclic amines) is 1. The van der Waals surface area contributed by atoms with Crippen LogP contribution in [-0.2, 0) is 23.9 Å². The van der Waals surface area contributed by atoms with Gasteiger partial charge in [-0.15, -0.1) is 0 Å². The molecule has 1 aromatic rings. The summed E-state index contributed by atoms with van der Waals surface area (Å²) in [5.41, 5.74) is -0.412. The lowest BCUT2D eigenvalue weighted by atomic mass is 9.70. The number of hydrogen-bond donors (Lipinski definition) is 3. The van der Waals surface area contributed by atoms with Gasteiger partial charge in [0.05, 0.1) is 43.8 Å². The van der Waals surface area contributed by atoms with Gasteiger partial charge in [-0.2, -0.15) is 0 Å². The average Bonchev–Trinajstić information content (AvgIpc) is 3.52. The van der Waals surface area contributed by atoms with E-state index in [0.717, 1.165) is 13.1 Å². The van der Waals surface area contributed by atoms with E-state index in [9.17, 15) is 19.5 Å². The van der Waals surface area contributed by atoms with Gasteiger partial charge in [-0.25, -0.2) is 0 Å². The highest BCUT2D eigenvalue weighted by Crippen LogP contribution is 2.58. The van der Waals surface area contributed by atoms with Crippen molar-refractivity contribution in [2.75, 3.05) is 51.3 Å². The molecule has 4 aliphatic heterocycles. The highest BCUT2D eigenvalue weighted by atomic mass is 16.5. The van der Waals surface area contributed by atoms with Crippen molar-refractivity contribution < 1.29 is 29.0 Å². The molecule has 3 N–H and O–H groups in total. The standard InChI is InChI=1S/C25H34N4O6/c1-16(15-30)29-21(23(32)26-9-10-28-11-13-34-14-12-28)25-8-7-18(35-25)19(20(25)24(29)33)22(31)27-17-5-3-2-4-6-17/h2-6,16,18-21,30H,7-15H2,1H3,(H,26,32)(H,27,31)/t16-,18+,19-,20+,21?,25?/m1/s1. The Labute approximate surface area is 204 Å². The molecule has 4 saturated heterocycles. The fourth-order valence-corrected chi connectivity index (χ4v) is 6.26. The summed E-state index contributed by atoms with van der Waals surface area (Å²) in [7, 11) is 0. The molecule has 4 heterocycles. The van der Waals surface area contributed by atoms with Crippen LogP contribution in [0, 0.1) is 11.8 Å². The number of ether oxygens (including phenoxy) is 2. The quantitative estimate of drug-likeness (QED) is 0.467. The molecule has 0 radical (unpaired) electrons. The zero-order valence-corrected chi connectivity index (χ0v) is 20.0. The third-order valence-electron chi connectivity index (χ3n) is 7.90. The third kappa shape index (κ3) is 4.22. The maximum atomic E-state index is 13.7. The number of hydrogen-bond acceptors (Lipinski definition) is 7. The first-order chi connectivity index (χ1) is 17.0. The summed E-state index contributed by atoms with van der Waals surface area (Å²) >= 11 is 0. The third-order valence-corrected chi connectivity index (χ3v) is 7.90. The number of anilines is 1. The van der Waals surface area contributed by atoms with Crippen LogP contribution in [0.15, 0.2) is 30.3 Å². The highest BCUT2D eigenvalue weighted by Gasteiger charge is 2.74. The van der Waals surface area contributed by atoms with Crippen LogP contribution < -0.4 is 10.6 Å². The predicted octanol–water partition coefficient (Wildman–Crippen LogP) is -0.171. The Kier molecular flexibility index (Phi) is 6.80. The molecule has 4 aliphatic rings. The van der Waals surface area contributed by atoms with Crippen LogP contribution in [0.5, 0.6) is 0 Å². The molecule has 1 spiro atoms. The van der Waals surface area contributed by atoms with Crippen LogP contribution in [0.2, 0.25) is 0 Å². The van der Waals surface area contributed by atoms with Gasteiger partial charge < -0.3 is 30.1 Å². The topological polar surface area (TPSA) is 120 Å². The van der Waals surface area contributed by atoms with Crippen molar-refractivity contribution in [1.82, 2.24) is 15.1 Å². The minimum absolute atomic E-state index is 0.272. The first kappa shape index (κ1) is 24.2. The zero-order valence-electron chi connectivity index (χ0n) is 20.0. The van der Waals surface area contributed by atoms with Crippen molar-refractivity contribution in [2.45, 2.75) is 43.6 Å². The molecule has 3 amide bonds. The summed E-state index contributed by atoms with van der Waals surface area (Å²) in [4.78, 5) is 44.3. The Hall–Kier alpha value is -2.53. The van der Waals surface area contributed by atoms with Crippen LogP contribution in [0.3, 0.4) is 0 Å². The maximum absolute atomic E-state index is 13.7. The van der Waals surface area contributed by atoms with Gasteiger partial charge in [0.15, 0.2) is 0 Å². The minimum Gasteiger partial charge on any atom is -0.394 e. The Morgan fingerprint density at radius 1 is 1.20 bits per heavy atom. The number of amides is 3. The van der Waals surface area contributed by atoms with Crippen molar-refractivity contribution in [3.05, 3.63) is 30.3 Å². The van der Waals surface area contributed by atoms with Gasteiger partial charge in [0.1, 0.15) is 11.6 Å². The highest BCUT2D eigenvalue weighted by molar-refractivity contribution is 6.02. The summed E-state index contributed by atoms with van der Waals surface area (Å²) in [6.07, 6.45) is 0.720. The van der Waals surface area contributed by atoms with Gasteiger partial charge in [-0.3, -0.25) is 19.3 Å². The van der Waals surface area contributed by atoms with E-state index in [-0.39, 0.29) is 24.3 Å². The van der Waals surface area contributed by atoms with E-state index in [4.69, 9.17) is 9.47 Å². The second-order valence-corrected chi connectivity index (χ2v) is 9.93. The molecule has 6 atom stereocenters. The zero-order chi connectivity index (χ0) is 24.6. The number of nitrogens with one attached hydrogen (secondary N) is 2. The lowest BCUT2D eigenvalue weighted by Gasteiger charge is -2.35. The molecule has 35 heavy (non-hydrogen) atoms. The van der Waals surface area contributed by atoms with E-state index in [1.807, 2.05) is 18.2 Å². The second kappa shape index (κ2) is 9.85. The van der Waals surface area contributed by atoms with Crippen LogP contribution in [0.25, 0.3) is 0 Å². The van der Waals surface area contributed by atoms with Crippen LogP contribution in [0.4, 0.5) is 5.69 Å². The van der Waals surface area contributed by atoms with E-state index < -0.39 is 35.6 Å². The molecular formula is C25H34N4O6. The molecule has 2 bridgehead atoms. The summed E-state index contributed by atoms with van der Waals surface area (Å²) in [5, 5.41) is 15.8. The number of aliphatic hydroxyl groups is 1. The summed E-state index contributed by atoms with van der Waals surface area (Å²) in [5.74, 6) is -2.30. The molecular weight excluding hydrogens is 452 g/mol. The molecule has 4 fully saturated rings. The Morgan fingerprint density at radius 3 is 2.66 bits per heavy atom. The Balaban J connectivity index is 1.36. The van der Waals surface area contributed by atoms with Gasteiger partial charge in [-0.1, -0.05) is 18.2 Å². The Bertz CT molecular complexity index is 955.